The van der Waals surface area contributed by atoms with Crippen molar-refractivity contribution in [3.63, 3.8) is 0 Å². The van der Waals surface area contributed by atoms with Crippen molar-refractivity contribution in [2.24, 2.45) is 5.92 Å². The third-order valence-corrected chi connectivity index (χ3v) is 18.9. The third kappa shape index (κ3) is 6.88. The number of ketones is 1. The van der Waals surface area contributed by atoms with E-state index in [1.165, 1.54) is 4.90 Å². The number of likely N-dealkylation sites (tertiary alicyclic amines) is 1. The molecule has 1 aliphatic heterocycles. The van der Waals surface area contributed by atoms with Crippen LogP contribution in [0.1, 0.15) is 50.0 Å². The van der Waals surface area contributed by atoms with Crippen LogP contribution in [-0.2, 0) is 20.6 Å². The number of carboxylic acid groups (broad SMARTS) is 1. The number of aliphatic hydroxyl groups excluding tert-OH is 1. The van der Waals surface area contributed by atoms with Crippen LogP contribution >= 0.6 is 6.89 Å². The van der Waals surface area contributed by atoms with Gasteiger partial charge in [-0.05, 0) is 52.6 Å². The lowest BCUT2D eigenvalue weighted by Gasteiger charge is -2.52. The number of benzene rings is 4. The molecule has 1 fully saturated rings. The van der Waals surface area contributed by atoms with E-state index in [1.807, 2.05) is 97.9 Å². The fourth-order valence-corrected chi connectivity index (χ4v) is 12.4. The molecule has 0 bridgehead atoms. The summed E-state index contributed by atoms with van der Waals surface area (Å²) in [7, 11) is -2.35. The second-order valence-corrected chi connectivity index (χ2v) is 22.2. The molecule has 1 aliphatic rings. The summed E-state index contributed by atoms with van der Waals surface area (Å²) in [5, 5.41) is 23.3. The number of aliphatic hydroxyl groups is 1. The highest BCUT2D eigenvalue weighted by atomic mass is 31.2. The van der Waals surface area contributed by atoms with E-state index in [1.54, 1.807) is 24.3 Å². The van der Waals surface area contributed by atoms with E-state index < -0.39 is 39.2 Å². The maximum atomic E-state index is 14.7. The zero-order chi connectivity index (χ0) is 35.6. The molecule has 0 radical (unpaired) electrons. The average molecular weight is 696 g/mol. The summed E-state index contributed by atoms with van der Waals surface area (Å²) >= 11 is 0. The van der Waals surface area contributed by atoms with E-state index in [4.69, 9.17) is 4.43 Å². The van der Waals surface area contributed by atoms with Gasteiger partial charge < -0.3 is 19.5 Å². The zero-order valence-electron chi connectivity index (χ0n) is 29.0. The van der Waals surface area contributed by atoms with Gasteiger partial charge in [0.25, 0.3) is 0 Å². The Morgan fingerprint density at radius 3 is 1.76 bits per heavy atom. The topological polar surface area (TPSA) is 104 Å². The lowest BCUT2D eigenvalue weighted by Crippen LogP contribution is -2.69. The van der Waals surface area contributed by atoms with Gasteiger partial charge in [0.05, 0.1) is 24.7 Å². The number of nitrogens with zero attached hydrogens (tertiary/aromatic N) is 1. The number of β-lactam (4-membered cyclic amide) rings is 1. The second-order valence-electron chi connectivity index (χ2n) is 14.2. The van der Waals surface area contributed by atoms with Gasteiger partial charge in [0.1, 0.15) is 5.42 Å². The van der Waals surface area contributed by atoms with Gasteiger partial charge in [0.15, 0.2) is 14.1 Å². The van der Waals surface area contributed by atoms with Gasteiger partial charge >= 0.3 is 5.97 Å². The van der Waals surface area contributed by atoms with Crippen molar-refractivity contribution in [1.82, 2.24) is 4.90 Å². The zero-order valence-corrected chi connectivity index (χ0v) is 30.9. The molecule has 1 heterocycles. The number of aliphatic carboxylic acids is 1. The first-order chi connectivity index (χ1) is 23.2. The Hall–Kier alpha value is -4.07. The minimum Gasteiger partial charge on any atom is -0.477 e. The smallest absolute Gasteiger partial charge is 0.353 e. The summed E-state index contributed by atoms with van der Waals surface area (Å²) in [6, 6.07) is 34.6. The highest BCUT2D eigenvalue weighted by Crippen LogP contribution is 2.50. The monoisotopic (exact) mass is 695 g/mol. The molecule has 4 aromatic rings. The van der Waals surface area contributed by atoms with Crippen molar-refractivity contribution < 1.29 is 29.0 Å². The number of carboxylic acids is 1. The van der Waals surface area contributed by atoms with Crippen molar-refractivity contribution in [2.75, 3.05) is 0 Å². The highest BCUT2D eigenvalue weighted by Gasteiger charge is 2.57. The van der Waals surface area contributed by atoms with Crippen molar-refractivity contribution in [1.29, 1.82) is 0 Å². The van der Waals surface area contributed by atoms with Crippen molar-refractivity contribution in [3.8, 4) is 0 Å². The van der Waals surface area contributed by atoms with E-state index >= 15 is 0 Å². The van der Waals surface area contributed by atoms with Gasteiger partial charge in [0, 0.05) is 18.9 Å². The van der Waals surface area contributed by atoms with Gasteiger partial charge in [-0.2, -0.15) is 0 Å². The SMILES string of the molecule is C[C@@H](O[Si](C)(C)C(C)(C)C)[C@H]1C(=O)N(C(C(=O)O)=P(c2ccccc2)(c2ccccc2)c2ccccc2)[C@@H]1CC(=O)c1cccc(CO)c1. The molecule has 0 saturated carbocycles. The first-order valence-electron chi connectivity index (χ1n) is 16.6. The van der Waals surface area contributed by atoms with Crippen LogP contribution in [0, 0.1) is 5.92 Å². The van der Waals surface area contributed by atoms with Gasteiger partial charge in [0.2, 0.25) is 5.91 Å². The maximum Gasteiger partial charge on any atom is 0.353 e. The minimum atomic E-state index is -3.22. The summed E-state index contributed by atoms with van der Waals surface area (Å²) in [5.74, 6) is -2.56. The Morgan fingerprint density at radius 1 is 0.837 bits per heavy atom. The summed E-state index contributed by atoms with van der Waals surface area (Å²) in [6.45, 7) is 9.07. The van der Waals surface area contributed by atoms with Gasteiger partial charge in [-0.1, -0.05) is 130 Å². The first kappa shape index (κ1) is 36.2. The van der Waals surface area contributed by atoms with Crippen LogP contribution in [-0.4, -0.2) is 58.7 Å². The number of hydrogen-bond acceptors (Lipinski definition) is 5. The molecule has 1 saturated heterocycles. The molecular weight excluding hydrogens is 650 g/mol. The predicted octanol–water partition coefficient (Wildman–Crippen LogP) is 6.20. The fraction of sp³-hybridized carbons (Fsp3) is 0.300. The Bertz CT molecular complexity index is 1770. The molecule has 256 valence electrons. The summed E-state index contributed by atoms with van der Waals surface area (Å²) in [4.78, 5) is 44.1. The van der Waals surface area contributed by atoms with Gasteiger partial charge in [-0.25, -0.2) is 4.79 Å². The molecule has 2 N–H and O–H groups in total. The third-order valence-electron chi connectivity index (χ3n) is 10.1. The van der Waals surface area contributed by atoms with Crippen LogP contribution in [0.15, 0.2) is 115 Å². The summed E-state index contributed by atoms with van der Waals surface area (Å²) in [6.07, 6.45) is -0.662. The molecule has 5 rings (SSSR count). The Kier molecular flexibility index (Phi) is 10.7. The van der Waals surface area contributed by atoms with Crippen molar-refractivity contribution in [2.45, 2.75) is 71.0 Å². The van der Waals surface area contributed by atoms with Gasteiger partial charge in [-0.3, -0.25) is 9.59 Å². The lowest BCUT2D eigenvalue weighted by atomic mass is 9.79. The molecule has 9 heteroatoms. The molecule has 4 aromatic carbocycles. The molecule has 0 spiro atoms. The molecule has 0 aromatic heterocycles. The summed E-state index contributed by atoms with van der Waals surface area (Å²) < 4.78 is 6.76. The molecular formula is C40H46NO6PSi. The molecule has 7 nitrogen and oxygen atoms in total. The number of rotatable bonds is 12. The summed E-state index contributed by atoms with van der Waals surface area (Å²) in [5.41, 5.74) is 0.965. The molecule has 0 unspecified atom stereocenters. The number of carbonyl (C=O) groups is 3. The predicted molar refractivity (Wildman–Crippen MR) is 201 cm³/mol. The molecule has 1 amide bonds. The Morgan fingerprint density at radius 2 is 1.33 bits per heavy atom. The second kappa shape index (κ2) is 14.4. The minimum absolute atomic E-state index is 0.0289. The molecule has 0 aliphatic carbocycles. The largest absolute Gasteiger partial charge is 0.477 e. The average Bonchev–Trinajstić information content (AvgIpc) is 3.08. The standard InChI is InChI=1S/C40H46NO6PSi/c1-28(47-49(5,6)40(2,3)4)36-34(26-35(43)30-18-16-17-29(25-30)27-42)41(37(36)44)38(39(45)46)48(31-19-10-7-11-20-31,32-21-12-8-13-22-32)33-23-14-9-15-24-33/h7-25,28,34,36,42H,26-27H2,1-6H3,(H,45,46)/t28-,34-,36-/m1/s1. The Labute approximate surface area is 290 Å². The normalized spacial score (nSPS) is 17.3. The van der Waals surface area contributed by atoms with Crippen LogP contribution in [0.4, 0.5) is 0 Å². The van der Waals surface area contributed by atoms with Crippen LogP contribution in [0.5, 0.6) is 0 Å². The van der Waals surface area contributed by atoms with E-state index in [-0.39, 0.29) is 35.2 Å². The molecule has 3 atom stereocenters. The van der Waals surface area contributed by atoms with E-state index in [0.29, 0.717) is 11.1 Å². The Balaban J connectivity index is 1.79. The number of Topliss-reactive ketones (excluding diaryl/α,β-unsaturated/α-hetero) is 1. The number of hydrogen-bond donors (Lipinski definition) is 2. The number of amides is 1. The van der Waals surface area contributed by atoms with Crippen LogP contribution < -0.4 is 15.9 Å². The van der Waals surface area contributed by atoms with Crippen molar-refractivity contribution in [3.05, 3.63) is 126 Å². The highest BCUT2D eigenvalue weighted by molar-refractivity contribution is 7.96. The van der Waals surface area contributed by atoms with E-state index in [2.05, 4.69) is 33.9 Å². The fourth-order valence-electron chi connectivity index (χ4n) is 6.60. The molecule has 49 heavy (non-hydrogen) atoms. The maximum absolute atomic E-state index is 14.7. The number of carbonyl (C=O) groups excluding carboxylic acids is 2. The van der Waals surface area contributed by atoms with E-state index in [9.17, 15) is 24.6 Å². The quantitative estimate of drug-likeness (QED) is 0.0793. The van der Waals surface area contributed by atoms with Crippen molar-refractivity contribution >= 4 is 54.2 Å². The van der Waals surface area contributed by atoms with Gasteiger partial charge in [-0.15, -0.1) is 0 Å². The van der Waals surface area contributed by atoms with Crippen LogP contribution in [0.25, 0.3) is 0 Å². The first-order valence-corrected chi connectivity index (χ1v) is 21.3. The van der Waals surface area contributed by atoms with Crippen LogP contribution in [0.2, 0.25) is 18.1 Å². The lowest BCUT2D eigenvalue weighted by molar-refractivity contribution is -0.155. The van der Waals surface area contributed by atoms with Crippen LogP contribution in [0.3, 0.4) is 0 Å². The van der Waals surface area contributed by atoms with E-state index in [0.717, 1.165) is 15.9 Å².